The number of benzene rings is 3. The topological polar surface area (TPSA) is 76.1 Å². The molecule has 0 unspecified atom stereocenters. The minimum absolute atomic E-state index is 0.254. The van der Waals surface area contributed by atoms with Crippen LogP contribution in [0.2, 0.25) is 0 Å². The molecule has 0 bridgehead atoms. The number of Topliss-reactive ketones (excluding diaryl/α,β-unsaturated/α-hetero) is 1. The van der Waals surface area contributed by atoms with Gasteiger partial charge in [-0.05, 0) is 42.5 Å². The molecule has 1 N–H and O–H groups in total. The Labute approximate surface area is 180 Å². The highest BCUT2D eigenvalue weighted by Crippen LogP contribution is 2.42. The summed E-state index contributed by atoms with van der Waals surface area (Å²) in [6.07, 6.45) is -0.342. The normalized spacial score (nSPS) is 17.4. The third-order valence-corrected chi connectivity index (χ3v) is 5.39. The zero-order valence-corrected chi connectivity index (χ0v) is 17.2. The fourth-order valence-electron chi connectivity index (χ4n) is 3.78. The van der Waals surface area contributed by atoms with E-state index in [0.717, 1.165) is 0 Å². The first-order valence-electron chi connectivity index (χ1n) is 10.0. The third kappa shape index (κ3) is 4.02. The van der Waals surface area contributed by atoms with Gasteiger partial charge < -0.3 is 19.5 Å². The molecule has 0 fully saturated rings. The minimum atomic E-state index is -1.92. The van der Waals surface area contributed by atoms with Crippen molar-refractivity contribution >= 4 is 17.4 Å². The van der Waals surface area contributed by atoms with Crippen molar-refractivity contribution in [3.05, 3.63) is 90.0 Å². The lowest BCUT2D eigenvalue weighted by molar-refractivity contribution is -0.135. The molecule has 1 heterocycles. The Morgan fingerprint density at radius 1 is 0.935 bits per heavy atom. The van der Waals surface area contributed by atoms with Gasteiger partial charge in [-0.2, -0.15) is 0 Å². The van der Waals surface area contributed by atoms with Crippen molar-refractivity contribution in [1.29, 1.82) is 0 Å². The van der Waals surface area contributed by atoms with Crippen molar-refractivity contribution in [3.63, 3.8) is 0 Å². The van der Waals surface area contributed by atoms with Crippen LogP contribution in [0.25, 0.3) is 0 Å². The van der Waals surface area contributed by atoms with E-state index in [1.54, 1.807) is 55.6 Å². The van der Waals surface area contributed by atoms with Crippen LogP contribution in [0, 0.1) is 0 Å². The van der Waals surface area contributed by atoms with Crippen LogP contribution in [0.1, 0.15) is 22.3 Å². The van der Waals surface area contributed by atoms with Crippen LogP contribution in [0.15, 0.2) is 78.9 Å². The molecule has 3 aromatic rings. The Bertz CT molecular complexity index is 1080. The summed E-state index contributed by atoms with van der Waals surface area (Å²) in [6, 6.07) is 22.9. The van der Waals surface area contributed by atoms with E-state index in [2.05, 4.69) is 0 Å². The van der Waals surface area contributed by atoms with Crippen LogP contribution in [-0.2, 0) is 10.4 Å². The summed E-state index contributed by atoms with van der Waals surface area (Å²) in [5.74, 6) is 0.484. The van der Waals surface area contributed by atoms with Gasteiger partial charge in [-0.3, -0.25) is 9.59 Å². The van der Waals surface area contributed by atoms with Crippen molar-refractivity contribution < 1.29 is 24.2 Å². The standard InChI is InChI=1S/C25H23NO5/c1-30-19-13-11-18(12-14-19)23(27)17-25(29)21-9-5-6-10-22(21)26(24(25)28)15-16-31-20-7-3-2-4-8-20/h2-14,29H,15-17H2,1H3/t25-/m0/s1. The molecule has 0 aromatic heterocycles. The monoisotopic (exact) mass is 417 g/mol. The van der Waals surface area contributed by atoms with Crippen LogP contribution in [-0.4, -0.2) is 37.1 Å². The first-order chi connectivity index (χ1) is 15.0. The summed E-state index contributed by atoms with van der Waals surface area (Å²) >= 11 is 0. The van der Waals surface area contributed by atoms with E-state index < -0.39 is 11.5 Å². The summed E-state index contributed by atoms with van der Waals surface area (Å²) in [7, 11) is 1.55. The summed E-state index contributed by atoms with van der Waals surface area (Å²) in [5.41, 5.74) is -0.485. The van der Waals surface area contributed by atoms with Crippen LogP contribution < -0.4 is 14.4 Å². The number of hydrogen-bond donors (Lipinski definition) is 1. The molecule has 6 heteroatoms. The Morgan fingerprint density at radius 2 is 1.61 bits per heavy atom. The van der Waals surface area contributed by atoms with Gasteiger partial charge in [-0.25, -0.2) is 0 Å². The van der Waals surface area contributed by atoms with Gasteiger partial charge in [0.1, 0.15) is 18.1 Å². The molecule has 3 aromatic carbocycles. The molecule has 1 aliphatic heterocycles. The van der Waals surface area contributed by atoms with E-state index >= 15 is 0 Å². The molecular formula is C25H23NO5. The van der Waals surface area contributed by atoms with Gasteiger partial charge in [0.05, 0.1) is 25.8 Å². The lowest BCUT2D eigenvalue weighted by Gasteiger charge is -2.23. The van der Waals surface area contributed by atoms with Crippen LogP contribution in [0.5, 0.6) is 11.5 Å². The van der Waals surface area contributed by atoms with Gasteiger partial charge in [0.2, 0.25) is 0 Å². The molecule has 31 heavy (non-hydrogen) atoms. The Hall–Kier alpha value is -3.64. The fourth-order valence-corrected chi connectivity index (χ4v) is 3.78. The van der Waals surface area contributed by atoms with E-state index in [9.17, 15) is 14.7 Å². The molecule has 0 aliphatic carbocycles. The molecule has 4 rings (SSSR count). The number of rotatable bonds is 8. The van der Waals surface area contributed by atoms with E-state index in [1.165, 1.54) is 4.90 Å². The highest BCUT2D eigenvalue weighted by atomic mass is 16.5. The number of carbonyl (C=O) groups excluding carboxylic acids is 2. The smallest absolute Gasteiger partial charge is 0.264 e. The third-order valence-electron chi connectivity index (χ3n) is 5.39. The van der Waals surface area contributed by atoms with Gasteiger partial charge in [-0.15, -0.1) is 0 Å². The minimum Gasteiger partial charge on any atom is -0.497 e. The van der Waals surface area contributed by atoms with Crippen LogP contribution >= 0.6 is 0 Å². The quantitative estimate of drug-likeness (QED) is 0.567. The van der Waals surface area contributed by atoms with Gasteiger partial charge in [-0.1, -0.05) is 36.4 Å². The van der Waals surface area contributed by atoms with E-state index in [4.69, 9.17) is 9.47 Å². The number of ketones is 1. The molecule has 0 radical (unpaired) electrons. The zero-order chi connectivity index (χ0) is 21.8. The van der Waals surface area contributed by atoms with Crippen molar-refractivity contribution in [2.75, 3.05) is 25.2 Å². The molecule has 6 nitrogen and oxygen atoms in total. The van der Waals surface area contributed by atoms with Crippen molar-refractivity contribution in [3.8, 4) is 11.5 Å². The Balaban J connectivity index is 1.53. The lowest BCUT2D eigenvalue weighted by atomic mass is 9.88. The molecular weight excluding hydrogens is 394 g/mol. The largest absolute Gasteiger partial charge is 0.497 e. The number of methoxy groups -OCH3 is 1. The number of amides is 1. The van der Waals surface area contributed by atoms with Gasteiger partial charge in [0, 0.05) is 11.1 Å². The average Bonchev–Trinajstić information content (AvgIpc) is 3.01. The highest BCUT2D eigenvalue weighted by Gasteiger charge is 2.50. The first kappa shape index (κ1) is 20.6. The second kappa shape index (κ2) is 8.62. The molecule has 0 saturated heterocycles. The summed E-state index contributed by atoms with van der Waals surface area (Å²) in [5, 5.41) is 11.4. The predicted molar refractivity (Wildman–Crippen MR) is 117 cm³/mol. The highest BCUT2D eigenvalue weighted by molar-refractivity contribution is 6.10. The number of fused-ring (bicyclic) bond motifs is 1. The molecule has 1 atom stereocenters. The molecule has 1 aliphatic rings. The van der Waals surface area contributed by atoms with E-state index in [0.29, 0.717) is 28.3 Å². The van der Waals surface area contributed by atoms with Crippen molar-refractivity contribution in [2.24, 2.45) is 0 Å². The second-order valence-electron chi connectivity index (χ2n) is 7.32. The summed E-state index contributed by atoms with van der Waals surface area (Å²) in [6.45, 7) is 0.510. The number of ether oxygens (including phenoxy) is 2. The fraction of sp³-hybridized carbons (Fsp3) is 0.200. The van der Waals surface area contributed by atoms with Gasteiger partial charge in [0.25, 0.3) is 5.91 Å². The maximum atomic E-state index is 13.2. The number of anilines is 1. The molecule has 0 saturated carbocycles. The number of para-hydroxylation sites is 2. The molecule has 1 amide bonds. The van der Waals surface area contributed by atoms with Gasteiger partial charge >= 0.3 is 0 Å². The number of nitrogens with zero attached hydrogens (tertiary/aromatic N) is 1. The number of aliphatic hydroxyl groups is 1. The SMILES string of the molecule is COc1ccc(C(=O)C[C@@]2(O)C(=O)N(CCOc3ccccc3)c3ccccc32)cc1. The van der Waals surface area contributed by atoms with Crippen LogP contribution in [0.3, 0.4) is 0 Å². The lowest BCUT2D eigenvalue weighted by Crippen LogP contribution is -2.43. The van der Waals surface area contributed by atoms with Crippen LogP contribution in [0.4, 0.5) is 5.69 Å². The van der Waals surface area contributed by atoms with E-state index in [-0.39, 0.29) is 25.4 Å². The Morgan fingerprint density at radius 3 is 2.32 bits per heavy atom. The molecule has 0 spiro atoms. The molecule has 158 valence electrons. The maximum Gasteiger partial charge on any atom is 0.264 e. The summed E-state index contributed by atoms with van der Waals surface area (Å²) in [4.78, 5) is 27.6. The Kier molecular flexibility index (Phi) is 5.73. The van der Waals surface area contributed by atoms with Crippen molar-refractivity contribution in [2.45, 2.75) is 12.0 Å². The van der Waals surface area contributed by atoms with Crippen molar-refractivity contribution in [1.82, 2.24) is 0 Å². The van der Waals surface area contributed by atoms with Gasteiger partial charge in [0.15, 0.2) is 11.4 Å². The average molecular weight is 417 g/mol. The zero-order valence-electron chi connectivity index (χ0n) is 17.2. The number of carbonyl (C=O) groups is 2. The predicted octanol–water partition coefficient (Wildman–Crippen LogP) is 3.58. The van der Waals surface area contributed by atoms with E-state index in [1.807, 2.05) is 30.3 Å². The summed E-state index contributed by atoms with van der Waals surface area (Å²) < 4.78 is 10.8. The maximum absolute atomic E-state index is 13.2. The second-order valence-corrected chi connectivity index (χ2v) is 7.32. The number of hydrogen-bond acceptors (Lipinski definition) is 5. The first-order valence-corrected chi connectivity index (χ1v) is 10.0.